The minimum atomic E-state index is -0.316. The third kappa shape index (κ3) is 2.58. The second-order valence-corrected chi connectivity index (χ2v) is 5.75. The van der Waals surface area contributed by atoms with Crippen LogP contribution in [0.3, 0.4) is 0 Å². The number of rotatable bonds is 2. The molecule has 0 aliphatic carbocycles. The molecule has 5 heteroatoms. The van der Waals surface area contributed by atoms with E-state index in [9.17, 15) is 4.39 Å². The molecule has 2 aromatic rings. The number of anilines is 1. The average molecular weight is 294 g/mol. The van der Waals surface area contributed by atoms with Crippen molar-refractivity contribution in [3.05, 3.63) is 35.2 Å². The molecule has 1 saturated heterocycles. The van der Waals surface area contributed by atoms with Crippen LogP contribution in [0.25, 0.3) is 10.9 Å². The fourth-order valence-electron chi connectivity index (χ4n) is 2.63. The first kappa shape index (κ1) is 13.6. The summed E-state index contributed by atoms with van der Waals surface area (Å²) in [4.78, 5) is 6.39. The molecule has 20 heavy (non-hydrogen) atoms. The molecule has 1 aromatic carbocycles. The van der Waals surface area contributed by atoms with E-state index in [0.717, 1.165) is 25.9 Å². The Morgan fingerprint density at radius 2 is 2.05 bits per heavy atom. The molecule has 3 rings (SSSR count). The Bertz CT molecular complexity index is 624. The number of pyridine rings is 1. The van der Waals surface area contributed by atoms with E-state index in [2.05, 4.69) is 22.2 Å². The summed E-state index contributed by atoms with van der Waals surface area (Å²) in [5.74, 6) is -0.316. The number of halogens is 2. The number of piperidine rings is 1. The lowest BCUT2D eigenvalue weighted by Gasteiger charge is -2.30. The van der Waals surface area contributed by atoms with Crippen molar-refractivity contribution in [3.8, 4) is 0 Å². The van der Waals surface area contributed by atoms with Crippen LogP contribution in [0.4, 0.5) is 10.1 Å². The molecule has 3 nitrogen and oxygen atoms in total. The molecular weight excluding hydrogens is 277 g/mol. The number of likely N-dealkylation sites (tertiary alicyclic amines) is 1. The largest absolute Gasteiger partial charge is 0.380 e. The second-order valence-electron chi connectivity index (χ2n) is 5.34. The van der Waals surface area contributed by atoms with Crippen molar-refractivity contribution in [1.29, 1.82) is 0 Å². The predicted octanol–water partition coefficient (Wildman–Crippen LogP) is 3.53. The van der Waals surface area contributed by atoms with Crippen LogP contribution in [0.15, 0.2) is 24.4 Å². The maximum absolute atomic E-state index is 14.5. The van der Waals surface area contributed by atoms with Crippen molar-refractivity contribution < 1.29 is 4.39 Å². The third-order valence-electron chi connectivity index (χ3n) is 3.88. The summed E-state index contributed by atoms with van der Waals surface area (Å²) in [7, 11) is 2.11. The lowest BCUT2D eigenvalue weighted by molar-refractivity contribution is 0.263. The van der Waals surface area contributed by atoms with Crippen LogP contribution < -0.4 is 5.32 Å². The van der Waals surface area contributed by atoms with Crippen molar-refractivity contribution in [2.45, 2.75) is 18.9 Å². The SMILES string of the molecule is CN1CCC(Nc2ccc3c(Cl)ccnc3c2F)CC1. The fourth-order valence-corrected chi connectivity index (χ4v) is 2.84. The van der Waals surface area contributed by atoms with Gasteiger partial charge in [0.15, 0.2) is 5.82 Å². The van der Waals surface area contributed by atoms with Gasteiger partial charge in [-0.1, -0.05) is 11.6 Å². The minimum absolute atomic E-state index is 0.316. The van der Waals surface area contributed by atoms with Crippen LogP contribution in [-0.2, 0) is 0 Å². The molecule has 0 unspecified atom stereocenters. The highest BCUT2D eigenvalue weighted by Crippen LogP contribution is 2.29. The summed E-state index contributed by atoms with van der Waals surface area (Å²) in [6.07, 6.45) is 3.58. The molecule has 0 radical (unpaired) electrons. The molecule has 2 heterocycles. The maximum Gasteiger partial charge on any atom is 0.172 e. The highest BCUT2D eigenvalue weighted by molar-refractivity contribution is 6.35. The van der Waals surface area contributed by atoms with E-state index in [1.165, 1.54) is 6.20 Å². The summed E-state index contributed by atoms with van der Waals surface area (Å²) < 4.78 is 14.5. The van der Waals surface area contributed by atoms with E-state index in [0.29, 0.717) is 27.7 Å². The minimum Gasteiger partial charge on any atom is -0.380 e. The number of aromatic nitrogens is 1. The Labute approximate surface area is 122 Å². The van der Waals surface area contributed by atoms with Crippen molar-refractivity contribution in [3.63, 3.8) is 0 Å². The Balaban J connectivity index is 1.87. The first-order valence-electron chi connectivity index (χ1n) is 6.83. The molecule has 0 saturated carbocycles. The third-order valence-corrected chi connectivity index (χ3v) is 4.21. The van der Waals surface area contributed by atoms with E-state index >= 15 is 0 Å². The number of nitrogens with one attached hydrogen (secondary N) is 1. The monoisotopic (exact) mass is 293 g/mol. The zero-order chi connectivity index (χ0) is 14.1. The van der Waals surface area contributed by atoms with Crippen LogP contribution in [0.2, 0.25) is 5.02 Å². The number of fused-ring (bicyclic) bond motifs is 1. The Morgan fingerprint density at radius 3 is 2.80 bits per heavy atom. The van der Waals surface area contributed by atoms with Gasteiger partial charge in [-0.2, -0.15) is 0 Å². The highest BCUT2D eigenvalue weighted by Gasteiger charge is 2.18. The van der Waals surface area contributed by atoms with Crippen molar-refractivity contribution in [1.82, 2.24) is 9.88 Å². The van der Waals surface area contributed by atoms with Crippen molar-refractivity contribution >= 4 is 28.2 Å². The average Bonchev–Trinajstić information content (AvgIpc) is 2.45. The first-order chi connectivity index (χ1) is 9.65. The molecule has 0 amide bonds. The Hall–Kier alpha value is -1.39. The van der Waals surface area contributed by atoms with Gasteiger partial charge in [0.25, 0.3) is 0 Å². The van der Waals surface area contributed by atoms with Crippen molar-refractivity contribution in [2.24, 2.45) is 0 Å². The number of hydrogen-bond donors (Lipinski definition) is 1. The van der Waals surface area contributed by atoms with Gasteiger partial charge in [0, 0.05) is 17.6 Å². The van der Waals surface area contributed by atoms with Crippen LogP contribution in [0.5, 0.6) is 0 Å². The Morgan fingerprint density at radius 1 is 1.30 bits per heavy atom. The second kappa shape index (κ2) is 5.54. The standard InChI is InChI=1S/C15H17ClFN3/c1-20-8-5-10(6-9-20)19-13-3-2-11-12(16)4-7-18-15(11)14(13)17/h2-4,7,10,19H,5-6,8-9H2,1H3. The van der Waals surface area contributed by atoms with Gasteiger partial charge in [0.05, 0.1) is 10.7 Å². The van der Waals surface area contributed by atoms with Crippen LogP contribution in [-0.4, -0.2) is 36.1 Å². The number of nitrogens with zero attached hydrogens (tertiary/aromatic N) is 2. The Kier molecular flexibility index (Phi) is 3.76. The zero-order valence-electron chi connectivity index (χ0n) is 11.4. The van der Waals surface area contributed by atoms with E-state index < -0.39 is 0 Å². The van der Waals surface area contributed by atoms with Gasteiger partial charge in [0.1, 0.15) is 5.52 Å². The molecule has 0 atom stereocenters. The molecule has 1 aliphatic rings. The number of benzene rings is 1. The lowest BCUT2D eigenvalue weighted by atomic mass is 10.0. The first-order valence-corrected chi connectivity index (χ1v) is 7.21. The van der Waals surface area contributed by atoms with Gasteiger partial charge in [-0.05, 0) is 51.2 Å². The van der Waals surface area contributed by atoms with Crippen LogP contribution in [0, 0.1) is 5.82 Å². The lowest BCUT2D eigenvalue weighted by Crippen LogP contribution is -2.36. The predicted molar refractivity (Wildman–Crippen MR) is 80.9 cm³/mol. The molecule has 0 bridgehead atoms. The van der Waals surface area contributed by atoms with Gasteiger partial charge in [0.2, 0.25) is 0 Å². The van der Waals surface area contributed by atoms with E-state index in [1.807, 2.05) is 6.07 Å². The smallest absolute Gasteiger partial charge is 0.172 e. The molecule has 1 N–H and O–H groups in total. The zero-order valence-corrected chi connectivity index (χ0v) is 12.1. The molecule has 0 spiro atoms. The maximum atomic E-state index is 14.5. The summed E-state index contributed by atoms with van der Waals surface area (Å²) in [6.45, 7) is 2.08. The summed E-state index contributed by atoms with van der Waals surface area (Å²) >= 11 is 6.06. The van der Waals surface area contributed by atoms with Crippen LogP contribution in [0.1, 0.15) is 12.8 Å². The van der Waals surface area contributed by atoms with Crippen molar-refractivity contribution in [2.75, 3.05) is 25.5 Å². The number of hydrogen-bond acceptors (Lipinski definition) is 3. The van der Waals surface area contributed by atoms with E-state index in [-0.39, 0.29) is 5.82 Å². The van der Waals surface area contributed by atoms with E-state index in [1.54, 1.807) is 12.1 Å². The van der Waals surface area contributed by atoms with Gasteiger partial charge in [-0.15, -0.1) is 0 Å². The highest BCUT2D eigenvalue weighted by atomic mass is 35.5. The quantitative estimate of drug-likeness (QED) is 0.918. The molecule has 1 fully saturated rings. The summed E-state index contributed by atoms with van der Waals surface area (Å²) in [6, 6.07) is 5.57. The van der Waals surface area contributed by atoms with Gasteiger partial charge < -0.3 is 10.2 Å². The van der Waals surface area contributed by atoms with Crippen LogP contribution >= 0.6 is 11.6 Å². The van der Waals surface area contributed by atoms with E-state index in [4.69, 9.17) is 11.6 Å². The van der Waals surface area contributed by atoms with Gasteiger partial charge >= 0.3 is 0 Å². The molecular formula is C15H17ClFN3. The van der Waals surface area contributed by atoms with Gasteiger partial charge in [-0.25, -0.2) is 4.39 Å². The van der Waals surface area contributed by atoms with Gasteiger partial charge in [-0.3, -0.25) is 4.98 Å². The molecule has 1 aliphatic heterocycles. The normalized spacial score (nSPS) is 17.6. The fraction of sp³-hybridized carbons (Fsp3) is 0.400. The summed E-state index contributed by atoms with van der Waals surface area (Å²) in [5, 5.41) is 4.48. The topological polar surface area (TPSA) is 28.2 Å². The summed E-state index contributed by atoms with van der Waals surface area (Å²) in [5.41, 5.74) is 0.845. The molecule has 1 aromatic heterocycles. The molecule has 106 valence electrons.